The number of hydrogen-bond donors (Lipinski definition) is 1. The summed E-state index contributed by atoms with van der Waals surface area (Å²) in [5.41, 5.74) is 0. The molecule has 0 aromatic heterocycles. The molecule has 0 aliphatic carbocycles. The van der Waals surface area contributed by atoms with Crippen LogP contribution in [0.2, 0.25) is 0 Å². The lowest BCUT2D eigenvalue weighted by molar-refractivity contribution is -0.136. The van der Waals surface area contributed by atoms with Crippen LogP contribution in [0.4, 0.5) is 0 Å². The molecule has 1 saturated heterocycles. The molecule has 1 amide bonds. The molecular weight excluding hydrogens is 214 g/mol. The first-order valence-corrected chi connectivity index (χ1v) is 6.62. The number of hydrogen-bond acceptors (Lipinski definition) is 3. The Morgan fingerprint density at radius 2 is 2.00 bits per heavy atom. The zero-order valence-electron chi connectivity index (χ0n) is 11.7. The summed E-state index contributed by atoms with van der Waals surface area (Å²) >= 11 is 0. The van der Waals surface area contributed by atoms with E-state index < -0.39 is 0 Å². The highest BCUT2D eigenvalue weighted by Crippen LogP contribution is 2.19. The van der Waals surface area contributed by atoms with Crippen LogP contribution < -0.4 is 5.32 Å². The molecule has 4 nitrogen and oxygen atoms in total. The van der Waals surface area contributed by atoms with Gasteiger partial charge in [0.2, 0.25) is 5.91 Å². The highest BCUT2D eigenvalue weighted by Gasteiger charge is 2.25. The number of piperidine rings is 1. The second kappa shape index (κ2) is 6.97. The molecule has 1 atom stereocenters. The van der Waals surface area contributed by atoms with Crippen molar-refractivity contribution in [3.8, 4) is 0 Å². The van der Waals surface area contributed by atoms with E-state index in [-0.39, 0.29) is 5.92 Å². The molecule has 4 heteroatoms. The summed E-state index contributed by atoms with van der Waals surface area (Å²) in [5, 5.41) is 3.07. The van der Waals surface area contributed by atoms with E-state index in [0.717, 1.165) is 44.9 Å². The number of carbonyl (C=O) groups is 1. The molecule has 1 N–H and O–H groups in total. The lowest BCUT2D eigenvalue weighted by atomic mass is 9.95. The molecule has 0 spiro atoms. The molecule has 1 unspecified atom stereocenters. The number of likely N-dealkylation sites (tertiary alicyclic amines) is 1. The van der Waals surface area contributed by atoms with Crippen molar-refractivity contribution in [2.75, 3.05) is 47.3 Å². The minimum Gasteiger partial charge on any atom is -0.342 e. The van der Waals surface area contributed by atoms with E-state index in [1.54, 1.807) is 0 Å². The Morgan fingerprint density at radius 3 is 2.47 bits per heavy atom. The van der Waals surface area contributed by atoms with Gasteiger partial charge in [-0.25, -0.2) is 0 Å². The Labute approximate surface area is 105 Å². The van der Waals surface area contributed by atoms with Gasteiger partial charge < -0.3 is 15.1 Å². The molecule has 1 fully saturated rings. The smallest absolute Gasteiger partial charge is 0.226 e. The molecule has 0 bridgehead atoms. The van der Waals surface area contributed by atoms with Crippen LogP contribution in [-0.4, -0.2) is 63.0 Å². The number of rotatable bonds is 5. The van der Waals surface area contributed by atoms with Crippen LogP contribution in [0.15, 0.2) is 0 Å². The second-order valence-electron chi connectivity index (χ2n) is 5.49. The van der Waals surface area contributed by atoms with Gasteiger partial charge in [-0.1, -0.05) is 6.92 Å². The maximum absolute atomic E-state index is 12.1. The molecule has 0 aromatic rings. The summed E-state index contributed by atoms with van der Waals surface area (Å²) in [7, 11) is 6.13. The van der Waals surface area contributed by atoms with Gasteiger partial charge in [0.25, 0.3) is 0 Å². The molecule has 17 heavy (non-hydrogen) atoms. The fraction of sp³-hybridized carbons (Fsp3) is 0.923. The zero-order chi connectivity index (χ0) is 12.8. The molecule has 0 saturated carbocycles. The third kappa shape index (κ3) is 4.64. The first-order chi connectivity index (χ1) is 8.04. The number of nitrogens with zero attached hydrogens (tertiary/aromatic N) is 2. The third-order valence-electron chi connectivity index (χ3n) is 3.48. The van der Waals surface area contributed by atoms with Gasteiger partial charge in [-0.05, 0) is 39.9 Å². The van der Waals surface area contributed by atoms with E-state index in [4.69, 9.17) is 0 Å². The van der Waals surface area contributed by atoms with E-state index in [2.05, 4.69) is 24.3 Å². The van der Waals surface area contributed by atoms with Crippen LogP contribution in [0.5, 0.6) is 0 Å². The number of amides is 1. The highest BCUT2D eigenvalue weighted by molar-refractivity contribution is 5.78. The van der Waals surface area contributed by atoms with Gasteiger partial charge >= 0.3 is 0 Å². The summed E-state index contributed by atoms with van der Waals surface area (Å²) in [6, 6.07) is 0. The maximum Gasteiger partial charge on any atom is 0.226 e. The fourth-order valence-corrected chi connectivity index (χ4v) is 2.56. The molecule has 1 heterocycles. The SMILES string of the molecule is CNCC(C)C(=O)N1CCC(CN(C)C)CC1. The summed E-state index contributed by atoms with van der Waals surface area (Å²) in [4.78, 5) is 16.4. The molecule has 0 radical (unpaired) electrons. The van der Waals surface area contributed by atoms with Gasteiger partial charge in [0.05, 0.1) is 0 Å². The molecule has 1 rings (SSSR count). The van der Waals surface area contributed by atoms with Crippen molar-refractivity contribution in [3.63, 3.8) is 0 Å². The topological polar surface area (TPSA) is 35.6 Å². The minimum atomic E-state index is 0.102. The average molecular weight is 241 g/mol. The van der Waals surface area contributed by atoms with Gasteiger partial charge in [0, 0.05) is 32.1 Å². The summed E-state index contributed by atoms with van der Waals surface area (Å²) in [6.07, 6.45) is 2.30. The molecular formula is C13H27N3O. The Balaban J connectivity index is 2.33. The monoisotopic (exact) mass is 241 g/mol. The van der Waals surface area contributed by atoms with Crippen LogP contribution in [0.25, 0.3) is 0 Å². The van der Waals surface area contributed by atoms with Gasteiger partial charge in [0.1, 0.15) is 0 Å². The van der Waals surface area contributed by atoms with E-state index >= 15 is 0 Å². The first kappa shape index (κ1) is 14.5. The van der Waals surface area contributed by atoms with Gasteiger partial charge in [-0.3, -0.25) is 4.79 Å². The molecule has 1 aliphatic rings. The van der Waals surface area contributed by atoms with Crippen molar-refractivity contribution in [2.24, 2.45) is 11.8 Å². The fourth-order valence-electron chi connectivity index (χ4n) is 2.56. The second-order valence-corrected chi connectivity index (χ2v) is 5.49. The van der Waals surface area contributed by atoms with Gasteiger partial charge in [-0.15, -0.1) is 0 Å². The van der Waals surface area contributed by atoms with E-state index in [9.17, 15) is 4.79 Å². The van der Waals surface area contributed by atoms with Crippen molar-refractivity contribution < 1.29 is 4.79 Å². The van der Waals surface area contributed by atoms with Crippen LogP contribution in [0.3, 0.4) is 0 Å². The zero-order valence-corrected chi connectivity index (χ0v) is 11.7. The van der Waals surface area contributed by atoms with Crippen LogP contribution in [0.1, 0.15) is 19.8 Å². The minimum absolute atomic E-state index is 0.102. The molecule has 0 aromatic carbocycles. The van der Waals surface area contributed by atoms with Gasteiger partial charge in [-0.2, -0.15) is 0 Å². The van der Waals surface area contributed by atoms with Crippen molar-refractivity contribution in [3.05, 3.63) is 0 Å². The predicted molar refractivity (Wildman–Crippen MR) is 70.9 cm³/mol. The summed E-state index contributed by atoms with van der Waals surface area (Å²) in [6.45, 7) is 5.80. The lowest BCUT2D eigenvalue weighted by Crippen LogP contribution is -2.44. The quantitative estimate of drug-likeness (QED) is 0.767. The van der Waals surface area contributed by atoms with Crippen LogP contribution >= 0.6 is 0 Å². The van der Waals surface area contributed by atoms with E-state index in [1.807, 2.05) is 18.9 Å². The largest absolute Gasteiger partial charge is 0.342 e. The Bertz CT molecular complexity index is 235. The van der Waals surface area contributed by atoms with Crippen molar-refractivity contribution in [2.45, 2.75) is 19.8 Å². The van der Waals surface area contributed by atoms with E-state index in [0.29, 0.717) is 5.91 Å². The predicted octanol–water partition coefficient (Wildman–Crippen LogP) is 0.642. The number of carbonyl (C=O) groups excluding carboxylic acids is 1. The van der Waals surface area contributed by atoms with Crippen molar-refractivity contribution >= 4 is 5.91 Å². The standard InChI is InChI=1S/C13H27N3O/c1-11(9-14-2)13(17)16-7-5-12(6-8-16)10-15(3)4/h11-12,14H,5-10H2,1-4H3. The third-order valence-corrected chi connectivity index (χ3v) is 3.48. The first-order valence-electron chi connectivity index (χ1n) is 6.62. The highest BCUT2D eigenvalue weighted by atomic mass is 16.2. The van der Waals surface area contributed by atoms with Gasteiger partial charge in [0.15, 0.2) is 0 Å². The van der Waals surface area contributed by atoms with Crippen LogP contribution in [-0.2, 0) is 4.79 Å². The van der Waals surface area contributed by atoms with Crippen LogP contribution in [0, 0.1) is 11.8 Å². The van der Waals surface area contributed by atoms with Crippen molar-refractivity contribution in [1.29, 1.82) is 0 Å². The molecule has 1 aliphatic heterocycles. The normalized spacial score (nSPS) is 19.7. The summed E-state index contributed by atoms with van der Waals surface area (Å²) in [5.74, 6) is 1.17. The average Bonchev–Trinajstić information content (AvgIpc) is 2.28. The Morgan fingerprint density at radius 1 is 1.41 bits per heavy atom. The Hall–Kier alpha value is -0.610. The lowest BCUT2D eigenvalue weighted by Gasteiger charge is -2.34. The van der Waals surface area contributed by atoms with E-state index in [1.165, 1.54) is 0 Å². The molecule has 100 valence electrons. The number of nitrogens with one attached hydrogen (secondary N) is 1. The van der Waals surface area contributed by atoms with Crippen molar-refractivity contribution in [1.82, 2.24) is 15.1 Å². The summed E-state index contributed by atoms with van der Waals surface area (Å²) < 4.78 is 0. The maximum atomic E-state index is 12.1. The Kier molecular flexibility index (Phi) is 5.92.